The zero-order valence-electron chi connectivity index (χ0n) is 15.3. The molecule has 0 bridgehead atoms. The van der Waals surface area contributed by atoms with Crippen molar-refractivity contribution in [3.8, 4) is 11.1 Å². The Morgan fingerprint density at radius 1 is 1.04 bits per heavy atom. The van der Waals surface area contributed by atoms with Crippen LogP contribution in [0.4, 0.5) is 17.5 Å². The Kier molecular flexibility index (Phi) is 4.62. The number of benzene rings is 2. The Labute approximate surface area is 158 Å². The summed E-state index contributed by atoms with van der Waals surface area (Å²) in [6.07, 6.45) is 4.83. The van der Waals surface area contributed by atoms with Crippen LogP contribution in [-0.4, -0.2) is 21.9 Å². The van der Waals surface area contributed by atoms with Gasteiger partial charge in [0.25, 0.3) is 0 Å². The number of aromatic nitrogens is 2. The zero-order valence-corrected chi connectivity index (χ0v) is 15.3. The monoisotopic (exact) mass is 361 g/mol. The number of nitrogen functional groups attached to an aromatic ring is 1. The number of nitrogens with two attached hydrogens (primary N) is 1. The minimum Gasteiger partial charge on any atom is -0.368 e. The molecule has 27 heavy (non-hydrogen) atoms. The van der Waals surface area contributed by atoms with Crippen LogP contribution in [0, 0.1) is 0 Å². The zero-order chi connectivity index (χ0) is 18.8. The summed E-state index contributed by atoms with van der Waals surface area (Å²) in [6, 6.07) is 14.3. The fourth-order valence-electron chi connectivity index (χ4n) is 3.65. The summed E-state index contributed by atoms with van der Waals surface area (Å²) in [6.45, 7) is 1.50. The van der Waals surface area contributed by atoms with E-state index in [0.717, 1.165) is 46.4 Å². The molecule has 1 amide bonds. The van der Waals surface area contributed by atoms with Crippen LogP contribution in [0.15, 0.2) is 42.5 Å². The van der Waals surface area contributed by atoms with Crippen LogP contribution in [0.2, 0.25) is 0 Å². The van der Waals surface area contributed by atoms with Gasteiger partial charge in [0.1, 0.15) is 5.82 Å². The van der Waals surface area contributed by atoms with E-state index in [1.54, 1.807) is 0 Å². The third-order valence-electron chi connectivity index (χ3n) is 4.95. The molecule has 0 unspecified atom stereocenters. The highest BCUT2D eigenvalue weighted by Gasteiger charge is 2.17. The van der Waals surface area contributed by atoms with Crippen LogP contribution in [0.25, 0.3) is 22.0 Å². The van der Waals surface area contributed by atoms with E-state index in [4.69, 9.17) is 5.73 Å². The first-order valence-corrected chi connectivity index (χ1v) is 9.30. The molecule has 3 aromatic rings. The van der Waals surface area contributed by atoms with E-state index in [2.05, 4.69) is 26.7 Å². The van der Waals surface area contributed by atoms with Crippen LogP contribution in [0.1, 0.15) is 32.6 Å². The number of nitrogens with zero attached hydrogens (tertiary/aromatic N) is 2. The smallest absolute Gasteiger partial charge is 0.222 e. The summed E-state index contributed by atoms with van der Waals surface area (Å²) in [5.41, 5.74) is 9.66. The van der Waals surface area contributed by atoms with Gasteiger partial charge in [-0.15, -0.1) is 0 Å². The molecule has 1 saturated carbocycles. The van der Waals surface area contributed by atoms with E-state index in [1.807, 2.05) is 36.4 Å². The number of hydrogen-bond acceptors (Lipinski definition) is 5. The van der Waals surface area contributed by atoms with Crippen LogP contribution in [0.5, 0.6) is 0 Å². The molecule has 1 fully saturated rings. The first-order valence-electron chi connectivity index (χ1n) is 9.30. The van der Waals surface area contributed by atoms with Gasteiger partial charge in [0.05, 0.1) is 5.52 Å². The van der Waals surface area contributed by atoms with Crippen LogP contribution < -0.4 is 16.4 Å². The van der Waals surface area contributed by atoms with Crippen molar-refractivity contribution in [1.29, 1.82) is 0 Å². The molecule has 0 spiro atoms. The maximum atomic E-state index is 11.2. The number of fused-ring (bicyclic) bond motifs is 1. The van der Waals surface area contributed by atoms with Crippen molar-refractivity contribution in [3.05, 3.63) is 42.5 Å². The topological polar surface area (TPSA) is 92.9 Å². The second-order valence-corrected chi connectivity index (χ2v) is 7.05. The molecule has 6 nitrogen and oxygen atoms in total. The molecule has 1 aliphatic carbocycles. The maximum Gasteiger partial charge on any atom is 0.222 e. The number of hydrogen-bond donors (Lipinski definition) is 3. The molecule has 2 aromatic carbocycles. The minimum atomic E-state index is -0.0779. The molecule has 4 rings (SSSR count). The van der Waals surface area contributed by atoms with E-state index in [1.165, 1.54) is 19.8 Å². The summed E-state index contributed by atoms with van der Waals surface area (Å²) in [5, 5.41) is 7.31. The van der Waals surface area contributed by atoms with Crippen molar-refractivity contribution in [2.45, 2.75) is 38.6 Å². The molecule has 0 atom stereocenters. The molecule has 4 N–H and O–H groups in total. The second kappa shape index (κ2) is 7.23. The molecule has 0 saturated heterocycles. The summed E-state index contributed by atoms with van der Waals surface area (Å²) in [7, 11) is 0. The predicted octanol–water partition coefficient (Wildman–Crippen LogP) is 4.19. The average molecular weight is 361 g/mol. The molecule has 1 aromatic heterocycles. The average Bonchev–Trinajstić information content (AvgIpc) is 3.15. The molecular weight excluding hydrogens is 338 g/mol. The van der Waals surface area contributed by atoms with Crippen molar-refractivity contribution in [2.24, 2.45) is 0 Å². The highest BCUT2D eigenvalue weighted by atomic mass is 16.1. The van der Waals surface area contributed by atoms with Crippen molar-refractivity contribution < 1.29 is 4.79 Å². The van der Waals surface area contributed by atoms with Crippen molar-refractivity contribution in [1.82, 2.24) is 9.97 Å². The molecule has 6 heteroatoms. The molecule has 0 radical (unpaired) electrons. The lowest BCUT2D eigenvalue weighted by molar-refractivity contribution is -0.114. The third kappa shape index (κ3) is 3.84. The Balaban J connectivity index is 1.69. The number of rotatable bonds is 4. The van der Waals surface area contributed by atoms with E-state index < -0.39 is 0 Å². The van der Waals surface area contributed by atoms with Crippen LogP contribution in [0.3, 0.4) is 0 Å². The quantitative estimate of drug-likeness (QED) is 0.648. The Morgan fingerprint density at radius 2 is 1.74 bits per heavy atom. The van der Waals surface area contributed by atoms with E-state index >= 15 is 0 Å². The summed E-state index contributed by atoms with van der Waals surface area (Å²) < 4.78 is 0. The number of anilines is 3. The Hall–Kier alpha value is -3.15. The fourth-order valence-corrected chi connectivity index (χ4v) is 3.65. The normalized spacial score (nSPS) is 14.4. The molecule has 1 aliphatic rings. The first-order chi connectivity index (χ1) is 13.1. The van der Waals surface area contributed by atoms with E-state index in [9.17, 15) is 4.79 Å². The molecule has 138 valence electrons. The van der Waals surface area contributed by atoms with E-state index in [0.29, 0.717) is 6.04 Å². The second-order valence-electron chi connectivity index (χ2n) is 7.05. The molecular formula is C21H23N5O. The Bertz CT molecular complexity index is 978. The fraction of sp³-hybridized carbons (Fsp3) is 0.286. The highest BCUT2D eigenvalue weighted by Crippen LogP contribution is 2.30. The minimum absolute atomic E-state index is 0.0779. The van der Waals surface area contributed by atoms with E-state index in [-0.39, 0.29) is 11.9 Å². The predicted molar refractivity (Wildman–Crippen MR) is 110 cm³/mol. The van der Waals surface area contributed by atoms with Gasteiger partial charge >= 0.3 is 0 Å². The number of amides is 1. The summed E-state index contributed by atoms with van der Waals surface area (Å²) >= 11 is 0. The lowest BCUT2D eigenvalue weighted by Crippen LogP contribution is -2.16. The SMILES string of the molecule is CC(=O)Nc1ccc(-c2ccc3nc(N)nc(NC4CCCC4)c3c2)cc1. The number of carbonyl (C=O) groups excluding carboxylic acids is 1. The van der Waals surface area contributed by atoms with Crippen molar-refractivity contribution in [3.63, 3.8) is 0 Å². The largest absolute Gasteiger partial charge is 0.368 e. The van der Waals surface area contributed by atoms with Crippen molar-refractivity contribution >= 4 is 34.3 Å². The standard InChI is InChI=1S/C21H23N5O/c1-13(27)23-17-9-6-14(7-10-17)15-8-11-19-18(12-15)20(26-21(22)25-19)24-16-4-2-3-5-16/h6-12,16H,2-5H2,1H3,(H,23,27)(H3,22,24,25,26). The molecule has 1 heterocycles. The van der Waals surface area contributed by atoms with Crippen LogP contribution >= 0.6 is 0 Å². The lowest BCUT2D eigenvalue weighted by Gasteiger charge is -2.15. The van der Waals surface area contributed by atoms with Gasteiger partial charge in [-0.25, -0.2) is 4.98 Å². The van der Waals surface area contributed by atoms with Gasteiger partial charge in [-0.05, 0) is 48.2 Å². The first kappa shape index (κ1) is 17.3. The number of nitrogens with one attached hydrogen (secondary N) is 2. The van der Waals surface area contributed by atoms with Gasteiger partial charge in [-0.3, -0.25) is 4.79 Å². The Morgan fingerprint density at radius 3 is 2.44 bits per heavy atom. The van der Waals surface area contributed by atoms with Gasteiger partial charge in [-0.2, -0.15) is 4.98 Å². The van der Waals surface area contributed by atoms with Crippen molar-refractivity contribution in [2.75, 3.05) is 16.4 Å². The van der Waals surface area contributed by atoms with Gasteiger partial charge in [0.15, 0.2) is 0 Å². The summed E-state index contributed by atoms with van der Waals surface area (Å²) in [5.74, 6) is 1.02. The van der Waals surface area contributed by atoms with Gasteiger partial charge in [0, 0.05) is 24.0 Å². The third-order valence-corrected chi connectivity index (χ3v) is 4.95. The maximum absolute atomic E-state index is 11.2. The highest BCUT2D eigenvalue weighted by molar-refractivity contribution is 5.94. The van der Waals surface area contributed by atoms with Gasteiger partial charge in [-0.1, -0.05) is 31.0 Å². The van der Waals surface area contributed by atoms with Gasteiger partial charge < -0.3 is 16.4 Å². The van der Waals surface area contributed by atoms with Gasteiger partial charge in [0.2, 0.25) is 11.9 Å². The molecule has 0 aliphatic heterocycles. The lowest BCUT2D eigenvalue weighted by atomic mass is 10.0. The summed E-state index contributed by atoms with van der Waals surface area (Å²) in [4.78, 5) is 20.0. The number of carbonyl (C=O) groups is 1. The van der Waals surface area contributed by atoms with Crippen LogP contribution in [-0.2, 0) is 4.79 Å².